The molecule has 3 N–H and O–H groups in total. The number of carbonyl (C=O) groups excluding carboxylic acids is 1. The normalized spacial score (nSPS) is 10.3. The Hall–Kier alpha value is -1.12. The molecule has 0 saturated heterocycles. The van der Waals surface area contributed by atoms with Crippen molar-refractivity contribution in [2.45, 2.75) is 4.34 Å². The van der Waals surface area contributed by atoms with Gasteiger partial charge in [-0.2, -0.15) is 0 Å². The average molecular weight is 272 g/mol. The predicted octanol–water partition coefficient (Wildman–Crippen LogP) is 2.16. The second-order valence-electron chi connectivity index (χ2n) is 2.69. The number of hydrogen-bond acceptors (Lipinski definition) is 7. The number of rotatable bonds is 3. The Kier molecular flexibility index (Phi) is 3.42. The Balaban J connectivity index is 2.17. The first kappa shape index (κ1) is 11.4. The van der Waals surface area contributed by atoms with Crippen molar-refractivity contribution in [3.05, 3.63) is 16.5 Å². The number of carbonyl (C=O) groups is 1. The highest BCUT2D eigenvalue weighted by Gasteiger charge is 2.16. The van der Waals surface area contributed by atoms with Gasteiger partial charge < -0.3 is 5.73 Å². The van der Waals surface area contributed by atoms with E-state index in [1.807, 2.05) is 6.26 Å². The quantitative estimate of drug-likeness (QED) is 0.837. The summed E-state index contributed by atoms with van der Waals surface area (Å²) >= 11 is 4.10. The van der Waals surface area contributed by atoms with Crippen LogP contribution in [0.25, 0.3) is 0 Å². The first-order valence-corrected chi connectivity index (χ1v) is 7.14. The Morgan fingerprint density at radius 2 is 2.44 bits per heavy atom. The van der Waals surface area contributed by atoms with Gasteiger partial charge in [0.2, 0.25) is 0 Å². The maximum Gasteiger partial charge on any atom is 0.271 e. The number of thioether (sulfide) groups is 1. The summed E-state index contributed by atoms with van der Waals surface area (Å²) in [4.78, 5) is 20.3. The minimum Gasteiger partial charge on any atom is -0.382 e. The maximum absolute atomic E-state index is 11.8. The Bertz CT molecular complexity index is 493. The van der Waals surface area contributed by atoms with Crippen LogP contribution >= 0.6 is 34.4 Å². The Labute approximate surface area is 104 Å². The van der Waals surface area contributed by atoms with Gasteiger partial charge in [0, 0.05) is 11.6 Å². The predicted molar refractivity (Wildman–Crippen MR) is 68.4 cm³/mol. The highest BCUT2D eigenvalue weighted by molar-refractivity contribution is 8.00. The van der Waals surface area contributed by atoms with Gasteiger partial charge in [0.1, 0.15) is 10.7 Å². The summed E-state index contributed by atoms with van der Waals surface area (Å²) in [6, 6.07) is 0. The lowest BCUT2D eigenvalue weighted by Crippen LogP contribution is -2.11. The minimum absolute atomic E-state index is 0.259. The molecule has 0 spiro atoms. The number of nitrogens with zero attached hydrogens (tertiary/aromatic N) is 2. The van der Waals surface area contributed by atoms with E-state index in [9.17, 15) is 4.79 Å². The molecule has 2 aromatic rings. The molecule has 2 rings (SSSR count). The van der Waals surface area contributed by atoms with E-state index in [1.54, 1.807) is 11.6 Å². The zero-order valence-corrected chi connectivity index (χ0v) is 10.7. The molecule has 0 bridgehead atoms. The van der Waals surface area contributed by atoms with Gasteiger partial charge in [-0.05, 0) is 6.26 Å². The third-order valence-corrected chi connectivity index (χ3v) is 4.41. The molecule has 0 radical (unpaired) electrons. The third-order valence-electron chi connectivity index (χ3n) is 1.67. The van der Waals surface area contributed by atoms with Gasteiger partial charge in [-0.1, -0.05) is 11.8 Å². The van der Waals surface area contributed by atoms with Crippen molar-refractivity contribution in [3.63, 3.8) is 0 Å². The highest BCUT2D eigenvalue weighted by Crippen LogP contribution is 2.28. The van der Waals surface area contributed by atoms with Crippen LogP contribution in [0.15, 0.2) is 15.9 Å². The number of hydrogen-bond donors (Lipinski definition) is 2. The van der Waals surface area contributed by atoms with E-state index in [0.29, 0.717) is 10.0 Å². The fraction of sp³-hybridized carbons (Fsp3) is 0.125. The number of amides is 1. The zero-order chi connectivity index (χ0) is 11.5. The third kappa shape index (κ3) is 2.34. The van der Waals surface area contributed by atoms with Crippen LogP contribution < -0.4 is 11.1 Å². The SMILES string of the molecule is CSc1nc(N)c(C(=O)Nc2nccs2)s1. The van der Waals surface area contributed by atoms with Crippen LogP contribution in [0.2, 0.25) is 0 Å². The van der Waals surface area contributed by atoms with Crippen LogP contribution in [-0.2, 0) is 0 Å². The Morgan fingerprint density at radius 3 is 3.00 bits per heavy atom. The van der Waals surface area contributed by atoms with Gasteiger partial charge in [-0.15, -0.1) is 22.7 Å². The summed E-state index contributed by atoms with van der Waals surface area (Å²) in [7, 11) is 0. The number of aromatic nitrogens is 2. The van der Waals surface area contributed by atoms with Crippen LogP contribution in [0.5, 0.6) is 0 Å². The van der Waals surface area contributed by atoms with Gasteiger partial charge >= 0.3 is 0 Å². The molecule has 0 aliphatic rings. The first-order valence-electron chi connectivity index (χ1n) is 4.22. The van der Waals surface area contributed by atoms with Crippen LogP contribution in [0.3, 0.4) is 0 Å². The van der Waals surface area contributed by atoms with E-state index in [-0.39, 0.29) is 11.7 Å². The molecule has 2 heterocycles. The monoisotopic (exact) mass is 272 g/mol. The molecule has 0 atom stereocenters. The number of thiazole rings is 2. The molecule has 84 valence electrons. The van der Waals surface area contributed by atoms with E-state index in [4.69, 9.17) is 5.73 Å². The molecule has 16 heavy (non-hydrogen) atoms. The fourth-order valence-electron chi connectivity index (χ4n) is 1.00. The molecule has 8 heteroatoms. The summed E-state index contributed by atoms with van der Waals surface area (Å²) in [6.07, 6.45) is 3.52. The van der Waals surface area contributed by atoms with Crippen molar-refractivity contribution in [3.8, 4) is 0 Å². The summed E-state index contributed by atoms with van der Waals surface area (Å²) < 4.78 is 0.779. The number of anilines is 2. The number of nitrogen functional groups attached to an aromatic ring is 1. The van der Waals surface area contributed by atoms with E-state index < -0.39 is 0 Å². The van der Waals surface area contributed by atoms with E-state index in [0.717, 1.165) is 4.34 Å². The second kappa shape index (κ2) is 4.81. The molecular weight excluding hydrogens is 264 g/mol. The minimum atomic E-state index is -0.259. The van der Waals surface area contributed by atoms with Crippen molar-refractivity contribution in [2.75, 3.05) is 17.3 Å². The smallest absolute Gasteiger partial charge is 0.271 e. The summed E-state index contributed by atoms with van der Waals surface area (Å²) in [6.45, 7) is 0. The second-order valence-corrected chi connectivity index (χ2v) is 5.64. The maximum atomic E-state index is 11.8. The highest BCUT2D eigenvalue weighted by atomic mass is 32.2. The van der Waals surface area contributed by atoms with Crippen LogP contribution in [0, 0.1) is 0 Å². The molecule has 0 saturated carbocycles. The van der Waals surface area contributed by atoms with Gasteiger partial charge in [-0.3, -0.25) is 10.1 Å². The summed E-state index contributed by atoms with van der Waals surface area (Å²) in [5, 5.41) is 5.02. The molecular formula is C8H8N4OS3. The lowest BCUT2D eigenvalue weighted by molar-refractivity contribution is 0.103. The standard InChI is InChI=1S/C8H8N4OS3/c1-14-8-11-5(9)4(16-8)6(13)12-7-10-2-3-15-7/h2-3H,9H2,1H3,(H,10,12,13). The van der Waals surface area contributed by atoms with Crippen molar-refractivity contribution >= 4 is 51.3 Å². The molecule has 2 aromatic heterocycles. The van der Waals surface area contributed by atoms with Crippen molar-refractivity contribution in [1.29, 1.82) is 0 Å². The number of nitrogens with two attached hydrogens (primary N) is 1. The summed E-state index contributed by atoms with van der Waals surface area (Å²) in [5.74, 6) is 0.00801. The lowest BCUT2D eigenvalue weighted by atomic mass is 10.5. The average Bonchev–Trinajstić information content (AvgIpc) is 2.87. The van der Waals surface area contributed by atoms with Gasteiger partial charge in [0.25, 0.3) is 5.91 Å². The van der Waals surface area contributed by atoms with Crippen molar-refractivity contribution < 1.29 is 4.79 Å². The van der Waals surface area contributed by atoms with E-state index >= 15 is 0 Å². The van der Waals surface area contributed by atoms with Crippen LogP contribution in [-0.4, -0.2) is 22.1 Å². The van der Waals surface area contributed by atoms with Crippen LogP contribution in [0.1, 0.15) is 9.67 Å². The molecule has 1 amide bonds. The van der Waals surface area contributed by atoms with Gasteiger partial charge in [0.15, 0.2) is 9.47 Å². The van der Waals surface area contributed by atoms with Crippen molar-refractivity contribution in [2.24, 2.45) is 0 Å². The van der Waals surface area contributed by atoms with Gasteiger partial charge in [-0.25, -0.2) is 9.97 Å². The topological polar surface area (TPSA) is 80.9 Å². The lowest BCUT2D eigenvalue weighted by Gasteiger charge is -1.98. The molecule has 0 aromatic carbocycles. The molecule has 0 aliphatic heterocycles. The number of nitrogens with one attached hydrogen (secondary N) is 1. The molecule has 0 fully saturated rings. The molecule has 0 unspecified atom stereocenters. The zero-order valence-electron chi connectivity index (χ0n) is 8.26. The van der Waals surface area contributed by atoms with E-state index in [2.05, 4.69) is 15.3 Å². The largest absolute Gasteiger partial charge is 0.382 e. The van der Waals surface area contributed by atoms with E-state index in [1.165, 1.54) is 34.4 Å². The first-order chi connectivity index (χ1) is 7.70. The fourth-order valence-corrected chi connectivity index (χ4v) is 2.91. The molecule has 5 nitrogen and oxygen atoms in total. The van der Waals surface area contributed by atoms with Crippen molar-refractivity contribution in [1.82, 2.24) is 9.97 Å². The van der Waals surface area contributed by atoms with Crippen LogP contribution in [0.4, 0.5) is 10.9 Å². The van der Waals surface area contributed by atoms with Gasteiger partial charge in [0.05, 0.1) is 0 Å². The summed E-state index contributed by atoms with van der Waals surface area (Å²) in [5.41, 5.74) is 5.65. The Morgan fingerprint density at radius 1 is 1.62 bits per heavy atom. The molecule has 0 aliphatic carbocycles.